The van der Waals surface area contributed by atoms with Crippen LogP contribution >= 0.6 is 0 Å². The highest BCUT2D eigenvalue weighted by atomic mass is 16.6. The predicted octanol–water partition coefficient (Wildman–Crippen LogP) is 5.70. The summed E-state index contributed by atoms with van der Waals surface area (Å²) in [6.07, 6.45) is -0.642. The third kappa shape index (κ3) is 4.63. The molecule has 0 unspecified atom stereocenters. The Morgan fingerprint density at radius 2 is 1.41 bits per heavy atom. The molecule has 0 saturated carbocycles. The van der Waals surface area contributed by atoms with E-state index in [0.29, 0.717) is 11.3 Å². The van der Waals surface area contributed by atoms with Crippen molar-refractivity contribution in [2.24, 2.45) is 0 Å². The number of hydrogen-bond acceptors (Lipinski definition) is 4. The highest BCUT2D eigenvalue weighted by molar-refractivity contribution is 6.16. The van der Waals surface area contributed by atoms with Crippen LogP contribution in [0.25, 0.3) is 0 Å². The van der Waals surface area contributed by atoms with E-state index in [-0.39, 0.29) is 22.8 Å². The number of phenolic OH excluding ortho intramolecular Hbond substituents is 1. The maximum atomic E-state index is 13.2. The van der Waals surface area contributed by atoms with Gasteiger partial charge >= 0.3 is 6.09 Å². The topological polar surface area (TPSA) is 66.8 Å². The van der Waals surface area contributed by atoms with E-state index in [1.54, 1.807) is 87.5 Å². The molecular formula is C24H23NO4. The van der Waals surface area contributed by atoms with E-state index < -0.39 is 11.7 Å². The van der Waals surface area contributed by atoms with Crippen LogP contribution in [0.5, 0.6) is 5.75 Å². The summed E-state index contributed by atoms with van der Waals surface area (Å²) in [5.74, 6) is -0.593. The first kappa shape index (κ1) is 20.1. The molecule has 29 heavy (non-hydrogen) atoms. The fourth-order valence-electron chi connectivity index (χ4n) is 2.91. The number of anilines is 2. The van der Waals surface area contributed by atoms with Gasteiger partial charge in [0.05, 0.1) is 16.9 Å². The van der Waals surface area contributed by atoms with Gasteiger partial charge in [0.2, 0.25) is 0 Å². The molecule has 5 nitrogen and oxygen atoms in total. The van der Waals surface area contributed by atoms with E-state index in [9.17, 15) is 14.7 Å². The third-order valence-electron chi connectivity index (χ3n) is 4.11. The Hall–Kier alpha value is -3.60. The van der Waals surface area contributed by atoms with Gasteiger partial charge < -0.3 is 9.84 Å². The molecule has 148 valence electrons. The van der Waals surface area contributed by atoms with Gasteiger partial charge in [0, 0.05) is 5.56 Å². The van der Waals surface area contributed by atoms with Crippen molar-refractivity contribution in [1.29, 1.82) is 0 Å². The number of carbonyl (C=O) groups is 2. The lowest BCUT2D eigenvalue weighted by Gasteiger charge is -2.29. The minimum absolute atomic E-state index is 0.0356. The Kier molecular flexibility index (Phi) is 5.69. The van der Waals surface area contributed by atoms with Gasteiger partial charge in [-0.3, -0.25) is 4.79 Å². The predicted molar refractivity (Wildman–Crippen MR) is 113 cm³/mol. The van der Waals surface area contributed by atoms with Crippen molar-refractivity contribution >= 4 is 23.3 Å². The lowest BCUT2D eigenvalue weighted by molar-refractivity contribution is 0.0599. The first-order valence-electron chi connectivity index (χ1n) is 9.28. The molecule has 0 saturated heterocycles. The summed E-state index contributed by atoms with van der Waals surface area (Å²) in [7, 11) is 0. The van der Waals surface area contributed by atoms with Gasteiger partial charge in [0.1, 0.15) is 11.4 Å². The summed E-state index contributed by atoms with van der Waals surface area (Å²) in [5.41, 5.74) is 0.486. The molecule has 0 atom stereocenters. The van der Waals surface area contributed by atoms with Crippen LogP contribution in [0.2, 0.25) is 0 Å². The molecule has 0 heterocycles. The normalized spacial score (nSPS) is 11.0. The quantitative estimate of drug-likeness (QED) is 0.582. The van der Waals surface area contributed by atoms with Gasteiger partial charge in [-0.15, -0.1) is 0 Å². The second-order valence-electron chi connectivity index (χ2n) is 7.52. The maximum absolute atomic E-state index is 13.2. The van der Waals surface area contributed by atoms with Gasteiger partial charge in [-0.1, -0.05) is 54.6 Å². The van der Waals surface area contributed by atoms with Crippen molar-refractivity contribution in [2.45, 2.75) is 26.4 Å². The van der Waals surface area contributed by atoms with Crippen molar-refractivity contribution in [1.82, 2.24) is 0 Å². The zero-order chi connectivity index (χ0) is 21.0. The molecule has 1 amide bonds. The van der Waals surface area contributed by atoms with Crippen molar-refractivity contribution in [3.8, 4) is 5.75 Å². The van der Waals surface area contributed by atoms with E-state index >= 15 is 0 Å². The van der Waals surface area contributed by atoms with Crippen molar-refractivity contribution in [3.63, 3.8) is 0 Å². The van der Waals surface area contributed by atoms with Crippen LogP contribution in [0.3, 0.4) is 0 Å². The maximum Gasteiger partial charge on any atom is 0.419 e. The molecule has 0 fully saturated rings. The first-order chi connectivity index (χ1) is 13.8. The van der Waals surface area contributed by atoms with Gasteiger partial charge in [-0.25, -0.2) is 9.69 Å². The molecule has 5 heteroatoms. The molecule has 0 aliphatic carbocycles. The smallest absolute Gasteiger partial charge is 0.419 e. The summed E-state index contributed by atoms with van der Waals surface area (Å²) < 4.78 is 5.58. The zero-order valence-corrected chi connectivity index (χ0v) is 16.6. The second-order valence-corrected chi connectivity index (χ2v) is 7.52. The average Bonchev–Trinajstić information content (AvgIpc) is 2.68. The lowest BCUT2D eigenvalue weighted by Crippen LogP contribution is -2.34. The standard InChI is InChI=1S/C24H23NO4/c1-24(2,3)29-23(28)25(18-13-8-5-9-14-18)19-15-10-16-20(26)21(19)22(27)17-11-6-4-7-12-17/h4-16,26H,1-3H3. The molecule has 0 radical (unpaired) electrons. The number of nitrogens with zero attached hydrogens (tertiary/aromatic N) is 1. The van der Waals surface area contributed by atoms with Gasteiger partial charge in [-0.2, -0.15) is 0 Å². The first-order valence-corrected chi connectivity index (χ1v) is 9.28. The Morgan fingerprint density at radius 1 is 0.828 bits per heavy atom. The van der Waals surface area contributed by atoms with Crippen LogP contribution in [0.15, 0.2) is 78.9 Å². The Bertz CT molecular complexity index is 1010. The zero-order valence-electron chi connectivity index (χ0n) is 16.6. The van der Waals surface area contributed by atoms with Crippen molar-refractivity contribution < 1.29 is 19.4 Å². The Balaban J connectivity index is 2.18. The Labute approximate surface area is 170 Å². The SMILES string of the molecule is CC(C)(C)OC(=O)N(c1ccccc1)c1cccc(O)c1C(=O)c1ccccc1. The van der Waals surface area contributed by atoms with Crippen LogP contribution in [-0.4, -0.2) is 22.6 Å². The molecule has 0 aromatic heterocycles. The number of aromatic hydroxyl groups is 1. The molecule has 0 aliphatic heterocycles. The number of amides is 1. The van der Waals surface area contributed by atoms with E-state index in [1.165, 1.54) is 11.0 Å². The molecule has 3 rings (SSSR count). The molecule has 0 aliphatic rings. The summed E-state index contributed by atoms with van der Waals surface area (Å²) in [6, 6.07) is 22.1. The molecule has 3 aromatic rings. The Morgan fingerprint density at radius 3 is 2.00 bits per heavy atom. The van der Waals surface area contributed by atoms with Crippen LogP contribution in [0.1, 0.15) is 36.7 Å². The second kappa shape index (κ2) is 8.19. The van der Waals surface area contributed by atoms with Gasteiger partial charge in [0.25, 0.3) is 0 Å². The van der Waals surface area contributed by atoms with Crippen molar-refractivity contribution in [2.75, 3.05) is 4.90 Å². The number of rotatable bonds is 4. The molecule has 0 bridgehead atoms. The van der Waals surface area contributed by atoms with E-state index in [2.05, 4.69) is 0 Å². The number of ether oxygens (including phenoxy) is 1. The number of hydrogen-bond donors (Lipinski definition) is 1. The van der Waals surface area contributed by atoms with Crippen LogP contribution in [0.4, 0.5) is 16.2 Å². The number of benzene rings is 3. The number of ketones is 1. The summed E-state index contributed by atoms with van der Waals surface area (Å²) in [5, 5.41) is 10.5. The van der Waals surface area contributed by atoms with Crippen LogP contribution in [0, 0.1) is 0 Å². The summed E-state index contributed by atoms with van der Waals surface area (Å²) >= 11 is 0. The third-order valence-corrected chi connectivity index (χ3v) is 4.11. The fourth-order valence-corrected chi connectivity index (χ4v) is 2.91. The minimum Gasteiger partial charge on any atom is -0.507 e. The number of carbonyl (C=O) groups excluding carboxylic acids is 2. The fraction of sp³-hybridized carbons (Fsp3) is 0.167. The van der Waals surface area contributed by atoms with E-state index in [1.807, 2.05) is 6.07 Å². The highest BCUT2D eigenvalue weighted by Gasteiger charge is 2.29. The van der Waals surface area contributed by atoms with Crippen LogP contribution < -0.4 is 4.90 Å². The minimum atomic E-state index is -0.732. The van der Waals surface area contributed by atoms with Gasteiger partial charge in [0.15, 0.2) is 5.78 Å². The molecular weight excluding hydrogens is 366 g/mol. The number of phenols is 1. The van der Waals surface area contributed by atoms with Crippen LogP contribution in [-0.2, 0) is 4.74 Å². The van der Waals surface area contributed by atoms with Crippen molar-refractivity contribution in [3.05, 3.63) is 90.0 Å². The summed E-state index contributed by atoms with van der Waals surface area (Å²) in [4.78, 5) is 27.6. The average molecular weight is 389 g/mol. The summed E-state index contributed by atoms with van der Waals surface area (Å²) in [6.45, 7) is 5.31. The monoisotopic (exact) mass is 389 g/mol. The lowest BCUT2D eigenvalue weighted by atomic mass is 9.99. The van der Waals surface area contributed by atoms with E-state index in [0.717, 1.165) is 0 Å². The number of para-hydroxylation sites is 1. The van der Waals surface area contributed by atoms with E-state index in [4.69, 9.17) is 4.74 Å². The molecule has 3 aromatic carbocycles. The highest BCUT2D eigenvalue weighted by Crippen LogP contribution is 2.36. The van der Waals surface area contributed by atoms with Gasteiger partial charge in [-0.05, 0) is 45.0 Å². The molecule has 0 spiro atoms. The largest absolute Gasteiger partial charge is 0.507 e. The molecule has 1 N–H and O–H groups in total.